The summed E-state index contributed by atoms with van der Waals surface area (Å²) in [5.41, 5.74) is 0.00357. The van der Waals surface area contributed by atoms with Gasteiger partial charge in [-0.2, -0.15) is 13.2 Å². The highest BCUT2D eigenvalue weighted by Gasteiger charge is 2.34. The number of carbonyl (C=O) groups is 3. The summed E-state index contributed by atoms with van der Waals surface area (Å²) in [5.74, 6) is -2.19. The van der Waals surface area contributed by atoms with Crippen LogP contribution in [-0.4, -0.2) is 36.2 Å². The van der Waals surface area contributed by atoms with E-state index < -0.39 is 41.0 Å². The minimum Gasteiger partial charge on any atom is -0.336 e. The molecule has 0 radical (unpaired) electrons. The van der Waals surface area contributed by atoms with Crippen molar-refractivity contribution in [3.8, 4) is 0 Å². The van der Waals surface area contributed by atoms with E-state index in [1.54, 1.807) is 24.3 Å². The lowest BCUT2D eigenvalue weighted by Crippen LogP contribution is -2.40. The number of benzene rings is 2. The fourth-order valence-electron chi connectivity index (χ4n) is 3.21. The number of likely N-dealkylation sites (N-methyl/N-ethyl adjacent to an activating group) is 1. The van der Waals surface area contributed by atoms with Crippen molar-refractivity contribution in [3.05, 3.63) is 58.6 Å². The van der Waals surface area contributed by atoms with E-state index >= 15 is 0 Å². The van der Waals surface area contributed by atoms with Gasteiger partial charge in [-0.3, -0.25) is 14.4 Å². The van der Waals surface area contributed by atoms with Gasteiger partial charge >= 0.3 is 6.18 Å². The predicted octanol–water partition coefficient (Wildman–Crippen LogP) is 3.88. The van der Waals surface area contributed by atoms with Crippen molar-refractivity contribution in [3.63, 3.8) is 0 Å². The van der Waals surface area contributed by atoms with Crippen LogP contribution in [0.2, 0.25) is 5.02 Å². The van der Waals surface area contributed by atoms with E-state index in [1.807, 2.05) is 0 Å². The van der Waals surface area contributed by atoms with Gasteiger partial charge in [-0.25, -0.2) is 0 Å². The zero-order valence-electron chi connectivity index (χ0n) is 15.7. The molecule has 1 aliphatic heterocycles. The van der Waals surface area contributed by atoms with Gasteiger partial charge in [-0.15, -0.1) is 0 Å². The SMILES string of the molecule is CN(CC(=O)Nc1ccc(Cl)c(C(F)(F)F)c1)C(=O)C1CC(=O)Nc2ccccc21. The van der Waals surface area contributed by atoms with Crippen LogP contribution in [0.25, 0.3) is 0 Å². The van der Waals surface area contributed by atoms with E-state index in [0.717, 1.165) is 17.0 Å². The number of hydrogen-bond donors (Lipinski definition) is 2. The van der Waals surface area contributed by atoms with Crippen molar-refractivity contribution in [2.45, 2.75) is 18.5 Å². The molecule has 3 amide bonds. The zero-order chi connectivity index (χ0) is 22.1. The van der Waals surface area contributed by atoms with Crippen LogP contribution >= 0.6 is 11.6 Å². The number of nitrogens with one attached hydrogen (secondary N) is 2. The normalized spacial score (nSPS) is 15.8. The monoisotopic (exact) mass is 439 g/mol. The Hall–Kier alpha value is -3.07. The summed E-state index contributed by atoms with van der Waals surface area (Å²) >= 11 is 5.56. The van der Waals surface area contributed by atoms with Crippen molar-refractivity contribution < 1.29 is 27.6 Å². The Balaban J connectivity index is 1.69. The molecule has 158 valence electrons. The molecule has 2 aromatic rings. The van der Waals surface area contributed by atoms with E-state index in [4.69, 9.17) is 11.6 Å². The maximum Gasteiger partial charge on any atom is 0.417 e. The highest BCUT2D eigenvalue weighted by atomic mass is 35.5. The lowest BCUT2D eigenvalue weighted by atomic mass is 9.89. The second kappa shape index (κ2) is 8.35. The summed E-state index contributed by atoms with van der Waals surface area (Å²) in [7, 11) is 1.39. The molecule has 30 heavy (non-hydrogen) atoms. The molecule has 0 saturated heterocycles. The van der Waals surface area contributed by atoms with E-state index in [1.165, 1.54) is 13.1 Å². The molecule has 1 atom stereocenters. The average molecular weight is 440 g/mol. The van der Waals surface area contributed by atoms with Gasteiger partial charge in [0.2, 0.25) is 17.7 Å². The van der Waals surface area contributed by atoms with Gasteiger partial charge in [0.1, 0.15) is 0 Å². The fourth-order valence-corrected chi connectivity index (χ4v) is 3.44. The second-order valence-electron chi connectivity index (χ2n) is 6.83. The maximum absolute atomic E-state index is 13.0. The Morgan fingerprint density at radius 1 is 1.23 bits per heavy atom. The third kappa shape index (κ3) is 4.73. The van der Waals surface area contributed by atoms with Crippen LogP contribution in [0.15, 0.2) is 42.5 Å². The first kappa shape index (κ1) is 21.6. The van der Waals surface area contributed by atoms with E-state index in [9.17, 15) is 27.6 Å². The standard InChI is InChI=1S/C20H17ClF3N3O3/c1-27(19(30)13-9-17(28)26-16-5-3-2-4-12(13)16)10-18(29)25-11-6-7-15(21)14(8-11)20(22,23)24/h2-8,13H,9-10H2,1H3,(H,25,29)(H,26,28). The summed E-state index contributed by atoms with van der Waals surface area (Å²) in [6.45, 7) is -0.400. The van der Waals surface area contributed by atoms with Crippen LogP contribution in [0.4, 0.5) is 24.5 Å². The Labute approximate surface area is 175 Å². The lowest BCUT2D eigenvalue weighted by Gasteiger charge is -2.28. The zero-order valence-corrected chi connectivity index (χ0v) is 16.5. The Kier molecular flexibility index (Phi) is 6.02. The number of amides is 3. The molecule has 0 aromatic heterocycles. The third-order valence-corrected chi connectivity index (χ3v) is 4.94. The number of anilines is 2. The smallest absolute Gasteiger partial charge is 0.336 e. The van der Waals surface area contributed by atoms with Crippen molar-refractivity contribution in [1.29, 1.82) is 0 Å². The van der Waals surface area contributed by atoms with Gasteiger partial charge in [0.15, 0.2) is 0 Å². The van der Waals surface area contributed by atoms with Gasteiger partial charge in [0.25, 0.3) is 0 Å². The minimum absolute atomic E-state index is 0.0616. The molecule has 0 saturated carbocycles. The van der Waals surface area contributed by atoms with Crippen LogP contribution in [0, 0.1) is 0 Å². The summed E-state index contributed by atoms with van der Waals surface area (Å²) < 4.78 is 38.9. The Morgan fingerprint density at radius 2 is 1.93 bits per heavy atom. The number of carbonyl (C=O) groups excluding carboxylic acids is 3. The highest BCUT2D eigenvalue weighted by molar-refractivity contribution is 6.31. The molecule has 3 rings (SSSR count). The number of alkyl halides is 3. The molecule has 1 unspecified atom stereocenters. The Morgan fingerprint density at radius 3 is 2.63 bits per heavy atom. The van der Waals surface area contributed by atoms with E-state index in [2.05, 4.69) is 10.6 Å². The van der Waals surface area contributed by atoms with Crippen molar-refractivity contribution in [1.82, 2.24) is 4.90 Å². The minimum atomic E-state index is -4.67. The molecule has 0 aliphatic carbocycles. The molecule has 2 N–H and O–H groups in total. The summed E-state index contributed by atoms with van der Waals surface area (Å²) in [4.78, 5) is 38.1. The second-order valence-corrected chi connectivity index (χ2v) is 7.23. The first-order valence-electron chi connectivity index (χ1n) is 8.86. The van der Waals surface area contributed by atoms with Crippen molar-refractivity contribution in [2.75, 3.05) is 24.2 Å². The number of fused-ring (bicyclic) bond motifs is 1. The van der Waals surface area contributed by atoms with Crippen LogP contribution < -0.4 is 10.6 Å². The van der Waals surface area contributed by atoms with Gasteiger partial charge in [0, 0.05) is 24.8 Å². The summed E-state index contributed by atoms with van der Waals surface area (Å²) in [6, 6.07) is 9.86. The summed E-state index contributed by atoms with van der Waals surface area (Å²) in [6.07, 6.45) is -4.73. The molecular formula is C20H17ClF3N3O3. The molecule has 0 fully saturated rings. The molecular weight excluding hydrogens is 423 g/mol. The first-order valence-corrected chi connectivity index (χ1v) is 9.24. The van der Waals surface area contributed by atoms with Gasteiger partial charge in [0.05, 0.1) is 23.0 Å². The number of rotatable bonds is 4. The largest absolute Gasteiger partial charge is 0.417 e. The number of nitrogens with zero attached hydrogens (tertiary/aromatic N) is 1. The molecule has 1 aliphatic rings. The third-order valence-electron chi connectivity index (χ3n) is 4.61. The molecule has 0 bridgehead atoms. The van der Waals surface area contributed by atoms with E-state index in [0.29, 0.717) is 11.3 Å². The van der Waals surface area contributed by atoms with Crippen LogP contribution in [0.3, 0.4) is 0 Å². The molecule has 10 heteroatoms. The highest BCUT2D eigenvalue weighted by Crippen LogP contribution is 2.36. The van der Waals surface area contributed by atoms with Crippen molar-refractivity contribution >= 4 is 40.7 Å². The first-order chi connectivity index (χ1) is 14.1. The summed E-state index contributed by atoms with van der Waals surface area (Å²) in [5, 5.41) is 4.53. The maximum atomic E-state index is 13.0. The average Bonchev–Trinajstić information content (AvgIpc) is 2.67. The van der Waals surface area contributed by atoms with Crippen molar-refractivity contribution in [2.24, 2.45) is 0 Å². The topological polar surface area (TPSA) is 78.5 Å². The van der Waals surface area contributed by atoms with Crippen LogP contribution in [0.1, 0.15) is 23.5 Å². The quantitative estimate of drug-likeness (QED) is 0.758. The lowest BCUT2D eigenvalue weighted by molar-refractivity contribution is -0.137. The van der Waals surface area contributed by atoms with Crippen LogP contribution in [0.5, 0.6) is 0 Å². The van der Waals surface area contributed by atoms with Gasteiger partial charge in [-0.1, -0.05) is 29.8 Å². The molecule has 0 spiro atoms. The van der Waals surface area contributed by atoms with Crippen LogP contribution in [-0.2, 0) is 20.6 Å². The van der Waals surface area contributed by atoms with Gasteiger partial charge < -0.3 is 15.5 Å². The fraction of sp³-hybridized carbons (Fsp3) is 0.250. The molecule has 6 nitrogen and oxygen atoms in total. The number of para-hydroxylation sites is 1. The van der Waals surface area contributed by atoms with E-state index in [-0.39, 0.29) is 18.0 Å². The number of hydrogen-bond acceptors (Lipinski definition) is 3. The number of halogens is 4. The molecule has 1 heterocycles. The Bertz CT molecular complexity index is 1010. The predicted molar refractivity (Wildman–Crippen MR) is 105 cm³/mol. The molecule has 2 aromatic carbocycles. The van der Waals surface area contributed by atoms with Gasteiger partial charge in [-0.05, 0) is 29.8 Å².